The van der Waals surface area contributed by atoms with Crippen LogP contribution in [0.2, 0.25) is 5.02 Å². The highest BCUT2D eigenvalue weighted by Gasteiger charge is 2.56. The summed E-state index contributed by atoms with van der Waals surface area (Å²) >= 11 is 6.70. The second-order valence-corrected chi connectivity index (χ2v) is 12.3. The zero-order valence-corrected chi connectivity index (χ0v) is 25.0. The van der Waals surface area contributed by atoms with Crippen molar-refractivity contribution in [1.29, 1.82) is 0 Å². The molecular weight excluding hydrogens is 613 g/mol. The van der Waals surface area contributed by atoms with Gasteiger partial charge in [0.15, 0.2) is 0 Å². The van der Waals surface area contributed by atoms with Gasteiger partial charge in [-0.2, -0.15) is 13.2 Å². The Kier molecular flexibility index (Phi) is 7.65. The molecule has 1 saturated carbocycles. The van der Waals surface area contributed by atoms with Gasteiger partial charge in [-0.05, 0) is 56.5 Å². The third kappa shape index (κ3) is 5.55. The lowest BCUT2D eigenvalue weighted by Crippen LogP contribution is -2.48. The minimum absolute atomic E-state index is 0.234. The average Bonchev–Trinajstić information content (AvgIpc) is 3.68. The van der Waals surface area contributed by atoms with E-state index in [0.29, 0.717) is 35.1 Å². The first kappa shape index (κ1) is 30.7. The molecule has 0 saturated heterocycles. The summed E-state index contributed by atoms with van der Waals surface area (Å²) in [5.41, 5.74) is 6.04. The van der Waals surface area contributed by atoms with Gasteiger partial charge in [0.2, 0.25) is 0 Å². The molecule has 1 aliphatic carbocycles. The molecule has 0 amide bonds. The van der Waals surface area contributed by atoms with Crippen molar-refractivity contribution in [3.63, 3.8) is 0 Å². The molecule has 3 heterocycles. The van der Waals surface area contributed by atoms with Crippen LogP contribution in [0.5, 0.6) is 0 Å². The Hall–Kier alpha value is -4.34. The number of pyridine rings is 2. The molecule has 0 spiro atoms. The fourth-order valence-electron chi connectivity index (χ4n) is 5.33. The molecule has 45 heavy (non-hydrogen) atoms. The van der Waals surface area contributed by atoms with Gasteiger partial charge >= 0.3 is 6.18 Å². The van der Waals surface area contributed by atoms with Gasteiger partial charge in [-0.25, -0.2) is 8.78 Å². The smallest absolute Gasteiger partial charge is 0.383 e. The number of halogens is 6. The van der Waals surface area contributed by atoms with E-state index in [1.807, 2.05) is 24.3 Å². The predicted molar refractivity (Wildman–Crippen MR) is 165 cm³/mol. The van der Waals surface area contributed by atoms with E-state index in [9.17, 15) is 22.0 Å². The quantitative estimate of drug-likeness (QED) is 0.111. The average molecular weight is 642 g/mol. The van der Waals surface area contributed by atoms with E-state index < -0.39 is 36.1 Å². The molecule has 1 atom stereocenters. The summed E-state index contributed by atoms with van der Waals surface area (Å²) in [6.07, 6.45) is 4.08. The second-order valence-electron chi connectivity index (χ2n) is 11.9. The molecule has 0 unspecified atom stereocenters. The maximum absolute atomic E-state index is 14.0. The largest absolute Gasteiger partial charge is 0.395 e. The van der Waals surface area contributed by atoms with Crippen LogP contribution in [0.1, 0.15) is 43.9 Å². The van der Waals surface area contributed by atoms with Crippen molar-refractivity contribution in [3.05, 3.63) is 82.9 Å². The minimum atomic E-state index is -4.46. The Morgan fingerprint density at radius 1 is 1.11 bits per heavy atom. The van der Waals surface area contributed by atoms with Crippen molar-refractivity contribution >= 4 is 44.8 Å². The molecule has 1 fully saturated rings. The Balaban J connectivity index is 1.44. The van der Waals surface area contributed by atoms with E-state index in [2.05, 4.69) is 37.5 Å². The van der Waals surface area contributed by atoms with Crippen LogP contribution in [0.4, 0.5) is 33.3 Å². The summed E-state index contributed by atoms with van der Waals surface area (Å²) in [4.78, 5) is 8.84. The van der Waals surface area contributed by atoms with Crippen molar-refractivity contribution < 1.29 is 22.0 Å². The molecule has 0 radical (unpaired) electrons. The summed E-state index contributed by atoms with van der Waals surface area (Å²) in [5.74, 6) is 2.50. The van der Waals surface area contributed by atoms with Crippen LogP contribution in [0, 0.1) is 17.8 Å². The monoisotopic (exact) mass is 641 g/mol. The third-order valence-electron chi connectivity index (χ3n) is 8.40. The van der Waals surface area contributed by atoms with Crippen molar-refractivity contribution in [2.45, 2.75) is 50.9 Å². The van der Waals surface area contributed by atoms with Crippen LogP contribution in [0.3, 0.4) is 0 Å². The highest BCUT2D eigenvalue weighted by atomic mass is 35.5. The lowest BCUT2D eigenvalue weighted by Gasteiger charge is -2.29. The maximum Gasteiger partial charge on any atom is 0.395 e. The molecular formula is C32H29ClF5N7. The van der Waals surface area contributed by atoms with Gasteiger partial charge in [-0.3, -0.25) is 15.0 Å². The van der Waals surface area contributed by atoms with Crippen LogP contribution >= 0.6 is 11.6 Å². The first-order valence-electron chi connectivity index (χ1n) is 14.2. The topological polar surface area (TPSA) is 77.1 Å². The van der Waals surface area contributed by atoms with Gasteiger partial charge in [-0.1, -0.05) is 35.7 Å². The zero-order valence-electron chi connectivity index (χ0n) is 24.2. The number of hydrazine groups is 2. The highest BCUT2D eigenvalue weighted by Crippen LogP contribution is 2.47. The number of alkyl halides is 5. The molecule has 4 aromatic rings. The second kappa shape index (κ2) is 11.2. The first-order valence-corrected chi connectivity index (χ1v) is 14.5. The van der Waals surface area contributed by atoms with Crippen LogP contribution in [0.15, 0.2) is 66.8 Å². The lowest BCUT2D eigenvalue weighted by atomic mass is 9.92. The SMILES string of the molecule is C#Cc1cnc2c(Cl)cc(N[C@H](C3=CN(C4(C(F)F)CC4)NN3)c3cccc4ncccc34)cc2c1NCC(C)(C)C(F)(F)F. The number of hydrogen-bond donors (Lipinski definition) is 4. The fourth-order valence-corrected chi connectivity index (χ4v) is 5.60. The summed E-state index contributed by atoms with van der Waals surface area (Å²) in [6, 6.07) is 12.1. The van der Waals surface area contributed by atoms with E-state index in [-0.39, 0.29) is 16.3 Å². The Morgan fingerprint density at radius 2 is 1.89 bits per heavy atom. The normalized spacial score (nSPS) is 16.8. The van der Waals surface area contributed by atoms with Crippen molar-refractivity contribution in [2.75, 3.05) is 17.2 Å². The molecule has 2 aliphatic rings. The number of terminal acetylenes is 1. The standard InChI is InChI=1S/C32H29ClF5N7/c1-4-18-15-40-27-22(26(18)41-17-30(2,3)32(36,37)38)13-19(14-23(27)33)42-28(21-7-5-9-24-20(21)8-6-12-39-24)25-16-45(44-43-25)31(10-11-31)29(34)35/h1,5-9,12-16,28-29,42-44H,10-11,17H2,2-3H3,(H,40,41)/t28-/m0/s1. The minimum Gasteiger partial charge on any atom is -0.383 e. The highest BCUT2D eigenvalue weighted by molar-refractivity contribution is 6.35. The van der Waals surface area contributed by atoms with Gasteiger partial charge in [0.25, 0.3) is 6.43 Å². The molecule has 1 aliphatic heterocycles. The number of nitrogens with zero attached hydrogens (tertiary/aromatic N) is 3. The number of rotatable bonds is 9. The third-order valence-corrected chi connectivity index (χ3v) is 8.69. The van der Waals surface area contributed by atoms with Gasteiger partial charge < -0.3 is 16.1 Å². The summed E-state index contributed by atoms with van der Waals surface area (Å²) in [6.45, 7) is 1.75. The number of benzene rings is 2. The van der Waals surface area contributed by atoms with Gasteiger partial charge in [-0.15, -0.1) is 12.0 Å². The number of fused-ring (bicyclic) bond motifs is 2. The van der Waals surface area contributed by atoms with Crippen LogP contribution in [0.25, 0.3) is 21.8 Å². The van der Waals surface area contributed by atoms with E-state index >= 15 is 0 Å². The maximum atomic E-state index is 14.0. The van der Waals surface area contributed by atoms with Crippen LogP contribution < -0.4 is 21.6 Å². The van der Waals surface area contributed by atoms with Crippen LogP contribution in [-0.4, -0.2) is 39.7 Å². The van der Waals surface area contributed by atoms with Crippen molar-refractivity contribution in [2.24, 2.45) is 5.41 Å². The van der Waals surface area contributed by atoms with E-state index in [1.54, 1.807) is 30.6 Å². The van der Waals surface area contributed by atoms with Crippen LogP contribution in [-0.2, 0) is 0 Å². The molecule has 13 heteroatoms. The Bertz CT molecular complexity index is 1840. The van der Waals surface area contributed by atoms with Gasteiger partial charge in [0, 0.05) is 41.6 Å². The lowest BCUT2D eigenvalue weighted by molar-refractivity contribution is -0.206. The molecule has 7 nitrogen and oxygen atoms in total. The number of nitrogens with one attached hydrogen (secondary N) is 4. The molecule has 6 rings (SSSR count). The predicted octanol–water partition coefficient (Wildman–Crippen LogP) is 7.54. The van der Waals surface area contributed by atoms with Crippen molar-refractivity contribution in [3.8, 4) is 12.3 Å². The fraction of sp³-hybridized carbons (Fsp3) is 0.312. The van der Waals surface area contributed by atoms with Gasteiger partial charge in [0.1, 0.15) is 5.54 Å². The molecule has 0 bridgehead atoms. The summed E-state index contributed by atoms with van der Waals surface area (Å²) in [5, 5.41) is 9.25. The number of aromatic nitrogens is 2. The van der Waals surface area contributed by atoms with E-state index in [0.717, 1.165) is 30.3 Å². The Morgan fingerprint density at radius 3 is 2.58 bits per heavy atom. The molecule has 2 aromatic carbocycles. The summed E-state index contributed by atoms with van der Waals surface area (Å²) < 4.78 is 69.0. The number of hydrogen-bond acceptors (Lipinski definition) is 7. The van der Waals surface area contributed by atoms with Crippen molar-refractivity contribution in [1.82, 2.24) is 25.9 Å². The Labute approximate surface area is 261 Å². The van der Waals surface area contributed by atoms with Gasteiger partial charge in [0.05, 0.1) is 44.5 Å². The molecule has 4 N–H and O–H groups in total. The summed E-state index contributed by atoms with van der Waals surface area (Å²) in [7, 11) is 0. The first-order chi connectivity index (χ1) is 21.3. The number of anilines is 2. The van der Waals surface area contributed by atoms with E-state index in [1.165, 1.54) is 11.2 Å². The molecule has 234 valence electrons. The van der Waals surface area contributed by atoms with E-state index in [4.69, 9.17) is 18.0 Å². The molecule has 2 aromatic heterocycles. The zero-order chi connectivity index (χ0) is 32.1.